The van der Waals surface area contributed by atoms with Crippen LogP contribution in [0, 0.1) is 12.8 Å². The van der Waals surface area contributed by atoms with Crippen LogP contribution in [0.4, 0.5) is 0 Å². The SMILES string of the molecule is Cc1c(-c2ccc3c(c2)CN(C(C)C2CC2)C3=O)nnn1-c1cccnc1. The molecule has 6 nitrogen and oxygen atoms in total. The van der Waals surface area contributed by atoms with E-state index in [4.69, 9.17) is 0 Å². The average molecular weight is 359 g/mol. The van der Waals surface area contributed by atoms with Crippen LogP contribution in [0.25, 0.3) is 16.9 Å². The lowest BCUT2D eigenvalue weighted by Gasteiger charge is -2.23. The van der Waals surface area contributed by atoms with Gasteiger partial charge in [-0.1, -0.05) is 11.3 Å². The average Bonchev–Trinajstić information content (AvgIpc) is 3.40. The molecule has 1 aromatic carbocycles. The number of pyridine rings is 1. The molecule has 0 saturated heterocycles. The van der Waals surface area contributed by atoms with Crippen molar-refractivity contribution in [3.63, 3.8) is 0 Å². The lowest BCUT2D eigenvalue weighted by Crippen LogP contribution is -2.34. The van der Waals surface area contributed by atoms with Crippen molar-refractivity contribution in [2.45, 2.75) is 39.3 Å². The van der Waals surface area contributed by atoms with Crippen LogP contribution in [-0.2, 0) is 6.54 Å². The van der Waals surface area contributed by atoms with Crippen molar-refractivity contribution < 1.29 is 4.79 Å². The molecule has 2 aromatic heterocycles. The molecular weight excluding hydrogens is 338 g/mol. The summed E-state index contributed by atoms with van der Waals surface area (Å²) >= 11 is 0. The van der Waals surface area contributed by atoms with Gasteiger partial charge in [0.25, 0.3) is 5.91 Å². The van der Waals surface area contributed by atoms with E-state index in [0.29, 0.717) is 18.5 Å². The predicted octanol–water partition coefficient (Wildman–Crippen LogP) is 3.39. The third-order valence-electron chi connectivity index (χ3n) is 5.79. The predicted molar refractivity (Wildman–Crippen MR) is 101 cm³/mol. The molecule has 0 N–H and O–H groups in total. The molecule has 2 aliphatic rings. The summed E-state index contributed by atoms with van der Waals surface area (Å²) < 4.78 is 1.79. The Morgan fingerprint density at radius 1 is 1.22 bits per heavy atom. The van der Waals surface area contributed by atoms with Gasteiger partial charge in [-0.3, -0.25) is 9.78 Å². The monoisotopic (exact) mass is 359 g/mol. The molecule has 6 heteroatoms. The molecule has 1 amide bonds. The van der Waals surface area contributed by atoms with Gasteiger partial charge in [0.2, 0.25) is 0 Å². The first-order valence-corrected chi connectivity index (χ1v) is 9.40. The lowest BCUT2D eigenvalue weighted by atomic mass is 10.0. The minimum absolute atomic E-state index is 0.159. The number of hydrogen-bond donors (Lipinski definition) is 0. The standard InChI is InChI=1S/C21H21N5O/c1-13(15-5-6-15)25-12-17-10-16(7-8-19(17)21(25)27)20-14(2)26(24-23-20)18-4-3-9-22-11-18/h3-4,7-11,13,15H,5-6,12H2,1-2H3. The third-order valence-corrected chi connectivity index (χ3v) is 5.79. The van der Waals surface area contributed by atoms with Crippen molar-refractivity contribution in [2.75, 3.05) is 0 Å². The van der Waals surface area contributed by atoms with E-state index < -0.39 is 0 Å². The van der Waals surface area contributed by atoms with Crippen molar-refractivity contribution in [1.82, 2.24) is 24.9 Å². The molecule has 27 heavy (non-hydrogen) atoms. The molecule has 1 atom stereocenters. The second-order valence-electron chi connectivity index (χ2n) is 7.53. The summed E-state index contributed by atoms with van der Waals surface area (Å²) in [6, 6.07) is 10.2. The molecule has 136 valence electrons. The van der Waals surface area contributed by atoms with Gasteiger partial charge in [-0.25, -0.2) is 4.68 Å². The first-order valence-electron chi connectivity index (χ1n) is 9.40. The summed E-state index contributed by atoms with van der Waals surface area (Å²) in [7, 11) is 0. The van der Waals surface area contributed by atoms with E-state index >= 15 is 0 Å². The zero-order valence-corrected chi connectivity index (χ0v) is 15.5. The Bertz CT molecular complexity index is 1020. The number of carbonyl (C=O) groups is 1. The zero-order valence-electron chi connectivity index (χ0n) is 15.5. The van der Waals surface area contributed by atoms with Crippen LogP contribution in [0.5, 0.6) is 0 Å². The number of rotatable bonds is 4. The highest BCUT2D eigenvalue weighted by Gasteiger charge is 2.38. The van der Waals surface area contributed by atoms with Gasteiger partial charge in [-0.2, -0.15) is 0 Å². The van der Waals surface area contributed by atoms with Crippen LogP contribution in [0.2, 0.25) is 0 Å². The van der Waals surface area contributed by atoms with E-state index in [1.165, 1.54) is 12.8 Å². The maximum absolute atomic E-state index is 12.8. The second kappa shape index (κ2) is 6.01. The molecule has 1 aliphatic heterocycles. The summed E-state index contributed by atoms with van der Waals surface area (Å²) in [5.41, 5.74) is 5.58. The fourth-order valence-electron chi connectivity index (χ4n) is 3.97. The Morgan fingerprint density at radius 3 is 2.81 bits per heavy atom. The first-order chi connectivity index (χ1) is 13.1. The minimum atomic E-state index is 0.159. The molecule has 1 saturated carbocycles. The molecular formula is C21H21N5O. The Hall–Kier alpha value is -3.02. The number of nitrogens with zero attached hydrogens (tertiary/aromatic N) is 5. The van der Waals surface area contributed by atoms with Gasteiger partial charge in [0.1, 0.15) is 5.69 Å². The van der Waals surface area contributed by atoms with Gasteiger partial charge in [0, 0.05) is 29.9 Å². The number of carbonyl (C=O) groups excluding carboxylic acids is 1. The minimum Gasteiger partial charge on any atom is -0.331 e. The molecule has 3 aromatic rings. The summed E-state index contributed by atoms with van der Waals surface area (Å²) in [5, 5.41) is 8.68. The van der Waals surface area contributed by atoms with E-state index in [2.05, 4.69) is 28.3 Å². The molecule has 1 aliphatic carbocycles. The molecule has 0 bridgehead atoms. The number of benzene rings is 1. The quantitative estimate of drug-likeness (QED) is 0.716. The second-order valence-corrected chi connectivity index (χ2v) is 7.53. The molecule has 0 radical (unpaired) electrons. The number of hydrogen-bond acceptors (Lipinski definition) is 4. The fourth-order valence-corrected chi connectivity index (χ4v) is 3.97. The van der Waals surface area contributed by atoms with Gasteiger partial charge in [-0.05, 0) is 62.4 Å². The highest BCUT2D eigenvalue weighted by Crippen LogP contribution is 2.39. The van der Waals surface area contributed by atoms with Crippen molar-refractivity contribution >= 4 is 5.91 Å². The van der Waals surface area contributed by atoms with Gasteiger partial charge in [-0.15, -0.1) is 5.10 Å². The van der Waals surface area contributed by atoms with E-state index in [-0.39, 0.29) is 5.91 Å². The Kier molecular flexibility index (Phi) is 3.60. The van der Waals surface area contributed by atoms with Crippen molar-refractivity contribution in [3.05, 3.63) is 59.5 Å². The van der Waals surface area contributed by atoms with E-state index in [9.17, 15) is 4.79 Å². The Balaban J connectivity index is 1.48. The molecule has 0 spiro atoms. The lowest BCUT2D eigenvalue weighted by molar-refractivity contribution is 0.0697. The maximum atomic E-state index is 12.8. The van der Waals surface area contributed by atoms with Gasteiger partial charge in [0.05, 0.1) is 17.6 Å². The van der Waals surface area contributed by atoms with E-state index in [1.54, 1.807) is 17.1 Å². The summed E-state index contributed by atoms with van der Waals surface area (Å²) in [4.78, 5) is 18.9. The summed E-state index contributed by atoms with van der Waals surface area (Å²) in [5.74, 6) is 0.830. The van der Waals surface area contributed by atoms with Crippen LogP contribution >= 0.6 is 0 Å². The van der Waals surface area contributed by atoms with Crippen LogP contribution in [0.1, 0.15) is 41.4 Å². The maximum Gasteiger partial charge on any atom is 0.254 e. The zero-order chi connectivity index (χ0) is 18.5. The Morgan fingerprint density at radius 2 is 2.07 bits per heavy atom. The third kappa shape index (κ3) is 2.63. The van der Waals surface area contributed by atoms with Crippen LogP contribution in [-0.4, -0.2) is 36.8 Å². The molecule has 1 unspecified atom stereocenters. The Labute approximate surface area is 157 Å². The van der Waals surface area contributed by atoms with E-state index in [0.717, 1.165) is 33.8 Å². The highest BCUT2D eigenvalue weighted by atomic mass is 16.2. The first kappa shape index (κ1) is 16.2. The van der Waals surface area contributed by atoms with Crippen LogP contribution in [0.3, 0.4) is 0 Å². The van der Waals surface area contributed by atoms with Gasteiger partial charge in [0.15, 0.2) is 0 Å². The number of amides is 1. The molecule has 3 heterocycles. The van der Waals surface area contributed by atoms with Crippen LogP contribution in [0.15, 0.2) is 42.7 Å². The van der Waals surface area contributed by atoms with Crippen LogP contribution < -0.4 is 0 Å². The molecule has 1 fully saturated rings. The molecule has 5 rings (SSSR count). The topological polar surface area (TPSA) is 63.9 Å². The van der Waals surface area contributed by atoms with Crippen molar-refractivity contribution in [1.29, 1.82) is 0 Å². The number of aromatic nitrogens is 4. The largest absolute Gasteiger partial charge is 0.331 e. The summed E-state index contributed by atoms with van der Waals surface area (Å²) in [6.45, 7) is 4.86. The van der Waals surface area contributed by atoms with E-state index in [1.807, 2.05) is 36.1 Å². The smallest absolute Gasteiger partial charge is 0.254 e. The van der Waals surface area contributed by atoms with Gasteiger partial charge >= 0.3 is 0 Å². The normalized spacial score (nSPS) is 17.3. The number of fused-ring (bicyclic) bond motifs is 1. The van der Waals surface area contributed by atoms with Crippen molar-refractivity contribution in [2.24, 2.45) is 5.92 Å². The summed E-state index contributed by atoms with van der Waals surface area (Å²) in [6.07, 6.45) is 5.99. The fraction of sp³-hybridized carbons (Fsp3) is 0.333. The van der Waals surface area contributed by atoms with Crippen molar-refractivity contribution in [3.8, 4) is 16.9 Å². The van der Waals surface area contributed by atoms with Gasteiger partial charge < -0.3 is 4.90 Å². The highest BCUT2D eigenvalue weighted by molar-refractivity contribution is 5.99.